The van der Waals surface area contributed by atoms with Crippen molar-refractivity contribution in [2.45, 2.75) is 38.5 Å². The van der Waals surface area contributed by atoms with Gasteiger partial charge in [0, 0.05) is 44.4 Å². The Morgan fingerprint density at radius 3 is 2.78 bits per heavy atom. The molecule has 128 valence electrons. The minimum absolute atomic E-state index is 0.0502. The monoisotopic (exact) mass is 320 g/mol. The van der Waals surface area contributed by atoms with Crippen LogP contribution in [0.2, 0.25) is 0 Å². The Kier molecular flexibility index (Phi) is 6.92. The molecule has 1 aromatic heterocycles. The fraction of sp³-hybridized carbons (Fsp3) is 0.706. The highest BCUT2D eigenvalue weighted by Crippen LogP contribution is 2.27. The first-order valence-electron chi connectivity index (χ1n) is 8.38. The van der Waals surface area contributed by atoms with Crippen molar-refractivity contribution in [3.8, 4) is 0 Å². The molecule has 1 amide bonds. The summed E-state index contributed by atoms with van der Waals surface area (Å²) < 4.78 is 5.15. The fourth-order valence-corrected chi connectivity index (χ4v) is 3.03. The maximum absolute atomic E-state index is 11.4. The van der Waals surface area contributed by atoms with Crippen molar-refractivity contribution in [3.05, 3.63) is 23.3 Å². The molecule has 0 unspecified atom stereocenters. The summed E-state index contributed by atoms with van der Waals surface area (Å²) in [6.45, 7) is 5.90. The zero-order chi connectivity index (χ0) is 16.7. The van der Waals surface area contributed by atoms with Crippen LogP contribution in [0.3, 0.4) is 0 Å². The number of aryl methyl sites for hydroxylation is 2. The van der Waals surface area contributed by atoms with Crippen LogP contribution in [0.5, 0.6) is 0 Å². The lowest BCUT2D eigenvalue weighted by Gasteiger charge is -2.31. The number of carbonyl (C=O) groups is 1. The summed E-state index contributed by atoms with van der Waals surface area (Å²) in [7, 11) is 3.41. The van der Waals surface area contributed by atoms with E-state index in [0.717, 1.165) is 56.3 Å². The van der Waals surface area contributed by atoms with Crippen molar-refractivity contribution in [1.29, 1.82) is 0 Å². The molecule has 2 heterocycles. The van der Waals surface area contributed by atoms with E-state index in [0.29, 0.717) is 18.8 Å². The Balaban J connectivity index is 1.95. The van der Waals surface area contributed by atoms with Gasteiger partial charge < -0.3 is 15.0 Å². The van der Waals surface area contributed by atoms with Crippen LogP contribution in [0.15, 0.2) is 6.07 Å². The summed E-state index contributed by atoms with van der Waals surface area (Å²) in [6.07, 6.45) is 3.38. The molecule has 1 aliphatic heterocycles. The van der Waals surface area contributed by atoms with Crippen molar-refractivity contribution in [3.63, 3.8) is 0 Å². The number of hydrogen-bond acceptors (Lipinski definition) is 5. The van der Waals surface area contributed by atoms with E-state index >= 15 is 0 Å². The number of hydrogen-bond donors (Lipinski definition) is 1. The summed E-state index contributed by atoms with van der Waals surface area (Å²) in [4.78, 5) is 23.0. The number of aromatic nitrogens is 2. The van der Waals surface area contributed by atoms with Gasteiger partial charge in [0.2, 0.25) is 5.91 Å². The number of ether oxygens (including phenoxy) is 1. The topological polar surface area (TPSA) is 67.4 Å². The van der Waals surface area contributed by atoms with E-state index in [9.17, 15) is 4.79 Å². The number of carbonyl (C=O) groups excluding carboxylic acids is 1. The second kappa shape index (κ2) is 8.93. The second-order valence-corrected chi connectivity index (χ2v) is 6.11. The van der Waals surface area contributed by atoms with Gasteiger partial charge in [0.05, 0.1) is 6.61 Å². The predicted molar refractivity (Wildman–Crippen MR) is 89.4 cm³/mol. The van der Waals surface area contributed by atoms with E-state index in [-0.39, 0.29) is 5.91 Å². The summed E-state index contributed by atoms with van der Waals surface area (Å²) in [5, 5.41) is 2.65. The molecular formula is C17H28N4O2. The zero-order valence-corrected chi connectivity index (χ0v) is 14.5. The van der Waals surface area contributed by atoms with Crippen LogP contribution in [-0.4, -0.2) is 61.2 Å². The van der Waals surface area contributed by atoms with Crippen LogP contribution in [-0.2, 0) is 16.0 Å². The maximum atomic E-state index is 11.4. The summed E-state index contributed by atoms with van der Waals surface area (Å²) >= 11 is 0. The minimum atomic E-state index is 0.0502. The lowest BCUT2D eigenvalue weighted by molar-refractivity contribution is -0.120. The molecule has 0 aromatic carbocycles. The Morgan fingerprint density at radius 1 is 1.39 bits per heavy atom. The summed E-state index contributed by atoms with van der Waals surface area (Å²) in [6, 6.07) is 2.09. The highest BCUT2D eigenvalue weighted by Gasteiger charge is 2.22. The first-order valence-corrected chi connectivity index (χ1v) is 8.38. The molecule has 0 atom stereocenters. The zero-order valence-electron chi connectivity index (χ0n) is 14.5. The number of nitrogens with zero attached hydrogens (tertiary/aromatic N) is 3. The predicted octanol–water partition coefficient (Wildman–Crippen LogP) is 1.29. The third-order valence-electron chi connectivity index (χ3n) is 4.42. The van der Waals surface area contributed by atoms with E-state index in [2.05, 4.69) is 26.3 Å². The van der Waals surface area contributed by atoms with Gasteiger partial charge in [0.1, 0.15) is 5.82 Å². The van der Waals surface area contributed by atoms with Gasteiger partial charge in [0.25, 0.3) is 0 Å². The van der Waals surface area contributed by atoms with Crippen LogP contribution in [0.25, 0.3) is 0 Å². The van der Waals surface area contributed by atoms with Gasteiger partial charge in [-0.3, -0.25) is 4.79 Å². The Morgan fingerprint density at radius 2 is 2.13 bits per heavy atom. The molecule has 0 bridgehead atoms. The first-order chi connectivity index (χ1) is 11.1. The average molecular weight is 320 g/mol. The van der Waals surface area contributed by atoms with Crippen LogP contribution in [0.4, 0.5) is 0 Å². The van der Waals surface area contributed by atoms with E-state index in [1.165, 1.54) is 0 Å². The van der Waals surface area contributed by atoms with Crippen molar-refractivity contribution < 1.29 is 9.53 Å². The van der Waals surface area contributed by atoms with Crippen LogP contribution >= 0.6 is 0 Å². The van der Waals surface area contributed by atoms with E-state index in [1.54, 1.807) is 14.2 Å². The molecule has 1 saturated heterocycles. The lowest BCUT2D eigenvalue weighted by Crippen LogP contribution is -2.35. The third-order valence-corrected chi connectivity index (χ3v) is 4.42. The third kappa shape index (κ3) is 5.55. The molecular weight excluding hydrogens is 292 g/mol. The van der Waals surface area contributed by atoms with E-state index in [4.69, 9.17) is 4.74 Å². The normalized spacial score (nSPS) is 16.5. The van der Waals surface area contributed by atoms with Gasteiger partial charge in [-0.15, -0.1) is 0 Å². The molecule has 1 aromatic rings. The van der Waals surface area contributed by atoms with Gasteiger partial charge in [-0.2, -0.15) is 0 Å². The average Bonchev–Trinajstić information content (AvgIpc) is 2.57. The smallest absolute Gasteiger partial charge is 0.220 e. The molecule has 0 spiro atoms. The van der Waals surface area contributed by atoms with Crippen LogP contribution in [0, 0.1) is 6.92 Å². The highest BCUT2D eigenvalue weighted by atomic mass is 16.5. The second-order valence-electron chi connectivity index (χ2n) is 6.11. The fourth-order valence-electron chi connectivity index (χ4n) is 3.03. The van der Waals surface area contributed by atoms with Crippen molar-refractivity contribution in [2.24, 2.45) is 0 Å². The molecule has 6 nitrogen and oxygen atoms in total. The molecule has 6 heteroatoms. The molecule has 1 N–H and O–H groups in total. The van der Waals surface area contributed by atoms with E-state index < -0.39 is 0 Å². The number of methoxy groups -OCH3 is 1. The Labute approximate surface area is 138 Å². The molecule has 0 saturated carbocycles. The number of nitrogens with one attached hydrogen (secondary N) is 1. The largest absolute Gasteiger partial charge is 0.383 e. The van der Waals surface area contributed by atoms with E-state index in [1.807, 2.05) is 6.92 Å². The summed E-state index contributed by atoms with van der Waals surface area (Å²) in [5.41, 5.74) is 2.11. The molecule has 1 fully saturated rings. The quantitative estimate of drug-likeness (QED) is 0.820. The highest BCUT2D eigenvalue weighted by molar-refractivity contribution is 5.75. The summed E-state index contributed by atoms with van der Waals surface area (Å²) in [5.74, 6) is 1.35. The van der Waals surface area contributed by atoms with Crippen LogP contribution < -0.4 is 5.32 Å². The standard InChI is InChI=1S/C17H28N4O2/c1-13-19-15(4-5-17(22)18-2)12-16(20-13)14-6-8-21(9-7-14)10-11-23-3/h12,14H,4-11H2,1-3H3,(H,18,22). The van der Waals surface area contributed by atoms with Gasteiger partial charge in [-0.25, -0.2) is 9.97 Å². The van der Waals surface area contributed by atoms with Gasteiger partial charge in [-0.05, 0) is 45.3 Å². The van der Waals surface area contributed by atoms with Gasteiger partial charge in [0.15, 0.2) is 0 Å². The molecule has 0 radical (unpaired) electrons. The van der Waals surface area contributed by atoms with Crippen molar-refractivity contribution >= 4 is 5.91 Å². The maximum Gasteiger partial charge on any atom is 0.220 e. The Bertz CT molecular complexity index is 513. The van der Waals surface area contributed by atoms with Gasteiger partial charge in [-0.1, -0.05) is 0 Å². The lowest BCUT2D eigenvalue weighted by atomic mass is 9.92. The SMILES string of the molecule is CNC(=O)CCc1cc(C2CCN(CCOC)CC2)nc(C)n1. The Hall–Kier alpha value is -1.53. The van der Waals surface area contributed by atoms with Crippen molar-refractivity contribution in [2.75, 3.05) is 40.4 Å². The number of amides is 1. The molecule has 23 heavy (non-hydrogen) atoms. The molecule has 2 rings (SSSR count). The number of likely N-dealkylation sites (tertiary alicyclic amines) is 1. The molecule has 1 aliphatic rings. The first kappa shape index (κ1) is 17.8. The van der Waals surface area contributed by atoms with Crippen molar-refractivity contribution in [1.82, 2.24) is 20.2 Å². The van der Waals surface area contributed by atoms with Crippen LogP contribution in [0.1, 0.15) is 42.4 Å². The number of piperidine rings is 1. The van der Waals surface area contributed by atoms with Gasteiger partial charge >= 0.3 is 0 Å². The minimum Gasteiger partial charge on any atom is -0.383 e. The molecule has 0 aliphatic carbocycles. The number of rotatable bonds is 7.